The molecular formula is C37H50N6O9S. The molecule has 15 nitrogen and oxygen atoms in total. The molecule has 2 aliphatic carbocycles. The van der Waals surface area contributed by atoms with Gasteiger partial charge in [0.1, 0.15) is 35.2 Å². The lowest BCUT2D eigenvalue weighted by Crippen LogP contribution is -2.58. The summed E-state index contributed by atoms with van der Waals surface area (Å²) in [7, 11) is -2.47. The van der Waals surface area contributed by atoms with E-state index in [1.54, 1.807) is 31.2 Å². The van der Waals surface area contributed by atoms with Gasteiger partial charge in [-0.2, -0.15) is 0 Å². The Kier molecular flexibility index (Phi) is 11.7. The fourth-order valence-electron chi connectivity index (χ4n) is 6.69. The molecule has 5 rings (SSSR count). The molecule has 0 radical (unpaired) electrons. The number of unbranched alkanes of at least 4 members (excludes halogenated alkanes) is 3. The average Bonchev–Trinajstić information content (AvgIpc) is 4.00. The zero-order valence-corrected chi connectivity index (χ0v) is 31.5. The van der Waals surface area contributed by atoms with Crippen LogP contribution in [0.3, 0.4) is 0 Å². The van der Waals surface area contributed by atoms with Crippen LogP contribution < -0.4 is 24.8 Å². The van der Waals surface area contributed by atoms with E-state index in [0.29, 0.717) is 41.7 Å². The number of fused-ring (bicyclic) bond motifs is 1. The van der Waals surface area contributed by atoms with Crippen LogP contribution in [0.1, 0.15) is 90.2 Å². The number of carboxylic acid groups (broad SMARTS) is 1. The van der Waals surface area contributed by atoms with Crippen LogP contribution in [0.15, 0.2) is 43.5 Å². The second-order valence-electron chi connectivity index (χ2n) is 14.7. The third-order valence-electron chi connectivity index (χ3n) is 10.4. The van der Waals surface area contributed by atoms with E-state index < -0.39 is 68.2 Å². The van der Waals surface area contributed by atoms with E-state index in [1.807, 2.05) is 13.8 Å². The molecule has 288 valence electrons. The van der Waals surface area contributed by atoms with E-state index in [0.717, 1.165) is 19.3 Å². The van der Waals surface area contributed by atoms with Gasteiger partial charge in [-0.15, -0.1) is 13.2 Å². The summed E-state index contributed by atoms with van der Waals surface area (Å²) in [5.41, 5.74) is 0.104. The van der Waals surface area contributed by atoms with Crippen molar-refractivity contribution in [3.63, 3.8) is 0 Å². The Balaban J connectivity index is 1.44. The van der Waals surface area contributed by atoms with E-state index in [1.165, 1.54) is 18.1 Å². The van der Waals surface area contributed by atoms with Crippen molar-refractivity contribution >= 4 is 44.9 Å². The Hall–Kier alpha value is -4.73. The van der Waals surface area contributed by atoms with Crippen molar-refractivity contribution in [1.29, 1.82) is 0 Å². The van der Waals surface area contributed by atoms with E-state index in [-0.39, 0.29) is 37.6 Å². The van der Waals surface area contributed by atoms with Crippen molar-refractivity contribution in [3.8, 4) is 11.6 Å². The number of amides is 4. The molecule has 2 heterocycles. The lowest BCUT2D eigenvalue weighted by molar-refractivity contribution is -0.141. The number of methoxy groups -OCH3 is 1. The highest BCUT2D eigenvalue weighted by molar-refractivity contribution is 7.91. The minimum Gasteiger partial charge on any atom is -0.497 e. The quantitative estimate of drug-likeness (QED) is 0.127. The molecule has 1 aromatic heterocycles. The number of nitrogens with one attached hydrogen (secondary N) is 3. The summed E-state index contributed by atoms with van der Waals surface area (Å²) in [6.45, 7) is 12.8. The van der Waals surface area contributed by atoms with Crippen LogP contribution in [0, 0.1) is 5.92 Å². The third kappa shape index (κ3) is 8.58. The molecule has 3 fully saturated rings. The Labute approximate surface area is 310 Å². The highest BCUT2D eigenvalue weighted by Crippen LogP contribution is 2.47. The van der Waals surface area contributed by atoms with Gasteiger partial charge in [0.15, 0.2) is 0 Å². The van der Waals surface area contributed by atoms with Gasteiger partial charge in [0.2, 0.25) is 27.7 Å². The average molecular weight is 755 g/mol. The van der Waals surface area contributed by atoms with Crippen molar-refractivity contribution in [1.82, 2.24) is 30.2 Å². The van der Waals surface area contributed by atoms with E-state index in [4.69, 9.17) is 19.4 Å². The minimum atomic E-state index is -4.01. The molecule has 4 amide bonds. The van der Waals surface area contributed by atoms with Crippen molar-refractivity contribution in [2.75, 3.05) is 13.7 Å². The lowest BCUT2D eigenvalue weighted by atomic mass is 10.0. The molecule has 0 unspecified atom stereocenters. The smallest absolute Gasteiger partial charge is 0.405 e. The van der Waals surface area contributed by atoms with Crippen molar-refractivity contribution in [2.45, 2.75) is 113 Å². The number of rotatable bonds is 18. The number of aromatic nitrogens is 2. The molecule has 0 spiro atoms. The summed E-state index contributed by atoms with van der Waals surface area (Å²) in [6.07, 6.45) is 5.08. The first-order valence-electron chi connectivity index (χ1n) is 18.0. The maximum Gasteiger partial charge on any atom is 0.405 e. The first-order chi connectivity index (χ1) is 25.1. The normalized spacial score (nSPS) is 23.5. The SMILES string of the molecule is C=CCCCCC[C@H](NC(=O)O)C(=O)N1C[C@H](Oc2nc3cc(OC)ccc3nc2C(C)C)C[C@H]1C(=O)N[C@]1(C(=O)NS(=O)(=O)C2(C)CC2)C[C@H]1C=C. The van der Waals surface area contributed by atoms with Crippen molar-refractivity contribution in [2.24, 2.45) is 5.92 Å². The number of carbonyl (C=O) groups excluding carboxylic acids is 3. The van der Waals surface area contributed by atoms with Crippen LogP contribution in [0.4, 0.5) is 4.79 Å². The van der Waals surface area contributed by atoms with Gasteiger partial charge in [0.25, 0.3) is 5.91 Å². The summed E-state index contributed by atoms with van der Waals surface area (Å²) in [4.78, 5) is 64.6. The summed E-state index contributed by atoms with van der Waals surface area (Å²) in [6, 6.07) is 2.93. The van der Waals surface area contributed by atoms with Gasteiger partial charge in [0, 0.05) is 24.3 Å². The van der Waals surface area contributed by atoms with Crippen LogP contribution in [0.5, 0.6) is 11.6 Å². The van der Waals surface area contributed by atoms with Gasteiger partial charge in [-0.05, 0) is 57.6 Å². The van der Waals surface area contributed by atoms with Crippen LogP contribution in [-0.2, 0) is 24.4 Å². The zero-order chi connectivity index (χ0) is 38.7. The molecule has 1 aliphatic heterocycles. The van der Waals surface area contributed by atoms with E-state index in [2.05, 4.69) is 28.5 Å². The van der Waals surface area contributed by atoms with E-state index in [9.17, 15) is 32.7 Å². The van der Waals surface area contributed by atoms with Gasteiger partial charge in [-0.1, -0.05) is 38.8 Å². The number of benzene rings is 1. The van der Waals surface area contributed by atoms with Crippen molar-refractivity contribution < 1.29 is 42.2 Å². The molecule has 2 aromatic rings. The Bertz CT molecular complexity index is 1880. The molecule has 5 atom stereocenters. The molecule has 0 bridgehead atoms. The number of allylic oxidation sites excluding steroid dienone is 1. The number of ether oxygens (including phenoxy) is 2. The highest BCUT2D eigenvalue weighted by atomic mass is 32.2. The fourth-order valence-corrected chi connectivity index (χ4v) is 8.01. The number of nitrogens with zero attached hydrogens (tertiary/aromatic N) is 3. The van der Waals surface area contributed by atoms with Gasteiger partial charge in [0.05, 0.1) is 29.4 Å². The topological polar surface area (TPSA) is 206 Å². The summed E-state index contributed by atoms with van der Waals surface area (Å²) >= 11 is 0. The second kappa shape index (κ2) is 15.7. The molecule has 53 heavy (non-hydrogen) atoms. The zero-order valence-electron chi connectivity index (χ0n) is 30.7. The third-order valence-corrected chi connectivity index (χ3v) is 12.6. The predicted octanol–water partition coefficient (Wildman–Crippen LogP) is 3.94. The molecule has 2 saturated carbocycles. The Morgan fingerprint density at radius 2 is 1.85 bits per heavy atom. The monoisotopic (exact) mass is 754 g/mol. The van der Waals surface area contributed by atoms with Gasteiger partial charge >= 0.3 is 6.09 Å². The number of hydrogen-bond donors (Lipinski definition) is 4. The molecular weight excluding hydrogens is 705 g/mol. The first kappa shape index (κ1) is 39.5. The van der Waals surface area contributed by atoms with Crippen molar-refractivity contribution in [3.05, 3.63) is 49.2 Å². The van der Waals surface area contributed by atoms with Gasteiger partial charge in [-0.25, -0.2) is 23.2 Å². The maximum absolute atomic E-state index is 14.2. The largest absolute Gasteiger partial charge is 0.497 e. The summed E-state index contributed by atoms with van der Waals surface area (Å²) < 4.78 is 38.9. The first-order valence-corrected chi connectivity index (χ1v) is 19.5. The standard InChI is InChI=1S/C37H50N6O9S/c1-7-9-10-11-12-13-27(40-35(47)48)33(45)43-21-25(52-32-30(22(3)4)38-26-15-14-24(51-6)18-28(26)39-32)19-29(43)31(44)41-37(20-23(37)8-2)34(46)42-53(49,50)36(5)16-17-36/h7-8,14-15,18,22-23,25,27,29,40H,1-2,9-13,16-17,19-21H2,3-6H3,(H,41,44)(H,42,46)(H,47,48)/t23-,25-,27+,29+,37-/m1/s1. The Morgan fingerprint density at radius 1 is 1.11 bits per heavy atom. The van der Waals surface area contributed by atoms with Crippen LogP contribution in [0.2, 0.25) is 0 Å². The molecule has 1 saturated heterocycles. The molecule has 4 N–H and O–H groups in total. The maximum atomic E-state index is 14.2. The number of sulfonamides is 1. The summed E-state index contributed by atoms with van der Waals surface area (Å²) in [5, 5.41) is 14.7. The van der Waals surface area contributed by atoms with Gasteiger partial charge < -0.3 is 30.1 Å². The summed E-state index contributed by atoms with van der Waals surface area (Å²) in [5.74, 6) is -2.09. The van der Waals surface area contributed by atoms with Gasteiger partial charge in [-0.3, -0.25) is 19.1 Å². The number of carbonyl (C=O) groups is 4. The fraction of sp³-hybridized carbons (Fsp3) is 0.568. The minimum absolute atomic E-state index is 0.0289. The van der Waals surface area contributed by atoms with Crippen LogP contribution >= 0.6 is 0 Å². The number of likely N-dealkylation sites (tertiary alicyclic amines) is 1. The number of hydrogen-bond acceptors (Lipinski definition) is 10. The van der Waals surface area contributed by atoms with E-state index >= 15 is 0 Å². The molecule has 3 aliphatic rings. The Morgan fingerprint density at radius 3 is 2.45 bits per heavy atom. The second-order valence-corrected chi connectivity index (χ2v) is 16.9. The molecule has 1 aromatic carbocycles. The van der Waals surface area contributed by atoms with Crippen LogP contribution in [-0.4, -0.2) is 94.3 Å². The molecule has 16 heteroatoms. The predicted molar refractivity (Wildman–Crippen MR) is 197 cm³/mol. The lowest BCUT2D eigenvalue weighted by Gasteiger charge is -2.29. The highest BCUT2D eigenvalue weighted by Gasteiger charge is 2.63. The van der Waals surface area contributed by atoms with Crippen LogP contribution in [0.25, 0.3) is 11.0 Å².